The molecule has 0 saturated heterocycles. The minimum atomic E-state index is -0.993. The number of rotatable bonds is 5. The van der Waals surface area contributed by atoms with Gasteiger partial charge in [0.05, 0.1) is 5.56 Å². The predicted molar refractivity (Wildman–Crippen MR) is 171 cm³/mol. The number of anilines is 1. The fourth-order valence-electron chi connectivity index (χ4n) is 6.50. The first kappa shape index (κ1) is 30.0. The van der Waals surface area contributed by atoms with Crippen LogP contribution >= 0.6 is 0 Å². The molecule has 0 bridgehead atoms. The Morgan fingerprint density at radius 1 is 0.933 bits per heavy atom. The second-order valence-electron chi connectivity index (χ2n) is 11.9. The topological polar surface area (TPSA) is 132 Å². The van der Waals surface area contributed by atoms with Crippen LogP contribution in [0.15, 0.2) is 66.7 Å². The number of benzene rings is 3. The van der Waals surface area contributed by atoms with Crippen LogP contribution in [0.25, 0.3) is 11.3 Å². The molecule has 0 aliphatic carbocycles. The molecule has 0 saturated carbocycles. The summed E-state index contributed by atoms with van der Waals surface area (Å²) in [4.78, 5) is 44.9. The lowest BCUT2D eigenvalue weighted by atomic mass is 9.89. The van der Waals surface area contributed by atoms with Gasteiger partial charge in [-0.15, -0.1) is 0 Å². The number of amides is 3. The van der Waals surface area contributed by atoms with E-state index >= 15 is 0 Å². The van der Waals surface area contributed by atoms with Gasteiger partial charge in [-0.05, 0) is 84.5 Å². The van der Waals surface area contributed by atoms with Crippen LogP contribution in [0.2, 0.25) is 0 Å². The highest BCUT2D eigenvalue weighted by molar-refractivity contribution is 6.08. The standard InChI is InChI=1S/C35H37N5O5/c1-21-29(33(42)38(3)26-8-10-28(41)11-9-26)17-32(37(21)2)30-15-23-12-13-39(35(44)45)19-25(23)16-31(30)34(43)40-20-24-7-5-4-6-22(24)14-27(40)18-36/h4-11,15-17,27,41H,12-14,18-20,36H2,1-3H3,(H,44,45)/t27-/m0/s1. The molecule has 45 heavy (non-hydrogen) atoms. The summed E-state index contributed by atoms with van der Waals surface area (Å²) in [6, 6.07) is 19.9. The Kier molecular flexibility index (Phi) is 7.84. The molecule has 4 aromatic rings. The first-order valence-corrected chi connectivity index (χ1v) is 15.0. The van der Waals surface area contributed by atoms with E-state index in [4.69, 9.17) is 5.73 Å². The van der Waals surface area contributed by atoms with Gasteiger partial charge in [-0.2, -0.15) is 0 Å². The zero-order valence-corrected chi connectivity index (χ0v) is 25.7. The molecule has 10 heteroatoms. The minimum absolute atomic E-state index is 0.114. The Morgan fingerprint density at radius 3 is 2.33 bits per heavy atom. The molecule has 3 aromatic carbocycles. The van der Waals surface area contributed by atoms with Gasteiger partial charge in [-0.1, -0.05) is 24.3 Å². The predicted octanol–water partition coefficient (Wildman–Crippen LogP) is 4.54. The summed E-state index contributed by atoms with van der Waals surface area (Å²) in [6.07, 6.45) is 0.175. The van der Waals surface area contributed by atoms with Crippen LogP contribution < -0.4 is 10.6 Å². The van der Waals surface area contributed by atoms with Gasteiger partial charge in [-0.3, -0.25) is 9.59 Å². The summed E-state index contributed by atoms with van der Waals surface area (Å²) in [5.74, 6) is -0.292. The van der Waals surface area contributed by atoms with E-state index < -0.39 is 6.09 Å². The molecule has 232 valence electrons. The number of fused-ring (bicyclic) bond motifs is 2. The van der Waals surface area contributed by atoms with Crippen LogP contribution in [0.4, 0.5) is 10.5 Å². The lowest BCUT2D eigenvalue weighted by molar-refractivity contribution is 0.0648. The molecule has 0 fully saturated rings. The lowest BCUT2D eigenvalue weighted by Crippen LogP contribution is -2.48. The number of phenols is 1. The van der Waals surface area contributed by atoms with Gasteiger partial charge in [0.25, 0.3) is 11.8 Å². The minimum Gasteiger partial charge on any atom is -0.508 e. The monoisotopic (exact) mass is 607 g/mol. The summed E-state index contributed by atoms with van der Waals surface area (Å²) >= 11 is 0. The van der Waals surface area contributed by atoms with Gasteiger partial charge >= 0.3 is 6.09 Å². The van der Waals surface area contributed by atoms with Crippen LogP contribution in [-0.4, -0.2) is 68.7 Å². The summed E-state index contributed by atoms with van der Waals surface area (Å²) < 4.78 is 1.93. The van der Waals surface area contributed by atoms with E-state index in [1.54, 1.807) is 19.2 Å². The highest BCUT2D eigenvalue weighted by Crippen LogP contribution is 2.35. The maximum Gasteiger partial charge on any atom is 0.407 e. The molecule has 0 unspecified atom stereocenters. The van der Waals surface area contributed by atoms with Crippen molar-refractivity contribution in [3.8, 4) is 17.0 Å². The highest BCUT2D eigenvalue weighted by Gasteiger charge is 2.33. The summed E-state index contributed by atoms with van der Waals surface area (Å²) in [5, 5.41) is 19.4. The normalized spacial score (nSPS) is 15.8. The van der Waals surface area contributed by atoms with Crippen molar-refractivity contribution in [2.24, 2.45) is 12.8 Å². The fraction of sp³-hybridized carbons (Fsp3) is 0.286. The number of nitrogens with two attached hydrogens (primary N) is 1. The number of hydrogen-bond donors (Lipinski definition) is 3. The lowest BCUT2D eigenvalue weighted by Gasteiger charge is -2.37. The molecule has 10 nitrogen and oxygen atoms in total. The number of aromatic hydroxyl groups is 1. The summed E-state index contributed by atoms with van der Waals surface area (Å²) in [7, 11) is 3.56. The molecule has 2 aliphatic rings. The molecule has 3 amide bonds. The van der Waals surface area contributed by atoms with Gasteiger partial charge < -0.3 is 35.2 Å². The second-order valence-corrected chi connectivity index (χ2v) is 11.9. The number of aromatic nitrogens is 1. The van der Waals surface area contributed by atoms with Gasteiger partial charge in [0.2, 0.25) is 0 Å². The molecule has 3 heterocycles. The zero-order chi connectivity index (χ0) is 32.0. The Bertz CT molecular complexity index is 1810. The smallest absolute Gasteiger partial charge is 0.407 e. The van der Waals surface area contributed by atoms with Crippen LogP contribution in [-0.2, 0) is 33.0 Å². The molecule has 6 rings (SSSR count). The highest BCUT2D eigenvalue weighted by atomic mass is 16.4. The Balaban J connectivity index is 1.45. The number of nitrogens with zero attached hydrogens (tertiary/aromatic N) is 4. The van der Waals surface area contributed by atoms with Crippen molar-refractivity contribution in [1.82, 2.24) is 14.4 Å². The van der Waals surface area contributed by atoms with E-state index in [1.165, 1.54) is 27.5 Å². The third-order valence-electron chi connectivity index (χ3n) is 9.32. The van der Waals surface area contributed by atoms with Gasteiger partial charge in [0.15, 0.2) is 0 Å². The molecule has 1 atom stereocenters. The molecular weight excluding hydrogens is 570 g/mol. The van der Waals surface area contributed by atoms with Crippen molar-refractivity contribution in [3.05, 3.63) is 106 Å². The van der Waals surface area contributed by atoms with E-state index in [0.29, 0.717) is 60.5 Å². The number of carbonyl (C=O) groups excluding carboxylic acids is 2. The van der Waals surface area contributed by atoms with Crippen molar-refractivity contribution in [2.75, 3.05) is 25.0 Å². The average molecular weight is 608 g/mol. The fourth-order valence-corrected chi connectivity index (χ4v) is 6.50. The third kappa shape index (κ3) is 5.42. The summed E-state index contributed by atoms with van der Waals surface area (Å²) in [6.45, 7) is 3.15. The summed E-state index contributed by atoms with van der Waals surface area (Å²) in [5.41, 5.74) is 14.0. The number of carbonyl (C=O) groups is 3. The Hall–Kier alpha value is -5.09. The first-order chi connectivity index (χ1) is 21.6. The van der Waals surface area contributed by atoms with Crippen LogP contribution in [0.1, 0.15) is 48.7 Å². The maximum atomic E-state index is 14.6. The van der Waals surface area contributed by atoms with Crippen molar-refractivity contribution in [2.45, 2.75) is 38.9 Å². The molecule has 0 radical (unpaired) electrons. The van der Waals surface area contributed by atoms with Gasteiger partial charge in [0, 0.05) is 74.5 Å². The number of carboxylic acid groups (broad SMARTS) is 1. The van der Waals surface area contributed by atoms with E-state index in [2.05, 4.69) is 6.07 Å². The van der Waals surface area contributed by atoms with Crippen molar-refractivity contribution in [3.63, 3.8) is 0 Å². The van der Waals surface area contributed by atoms with Crippen LogP contribution in [0, 0.1) is 6.92 Å². The molecular formula is C35H37N5O5. The van der Waals surface area contributed by atoms with E-state index in [1.807, 2.05) is 59.8 Å². The largest absolute Gasteiger partial charge is 0.508 e. The van der Waals surface area contributed by atoms with E-state index in [-0.39, 0.29) is 30.2 Å². The van der Waals surface area contributed by atoms with Gasteiger partial charge in [-0.25, -0.2) is 4.79 Å². The van der Waals surface area contributed by atoms with Crippen molar-refractivity contribution < 1.29 is 24.6 Å². The van der Waals surface area contributed by atoms with Crippen molar-refractivity contribution in [1.29, 1.82) is 0 Å². The first-order valence-electron chi connectivity index (χ1n) is 15.0. The zero-order valence-electron chi connectivity index (χ0n) is 25.7. The molecule has 1 aromatic heterocycles. The van der Waals surface area contributed by atoms with Gasteiger partial charge in [0.1, 0.15) is 5.75 Å². The SMILES string of the molecule is Cc1c(C(=O)N(C)c2ccc(O)cc2)cc(-c2cc3c(cc2C(=O)N2Cc4ccccc4C[C@H]2CN)CN(C(=O)O)CC3)n1C. The van der Waals surface area contributed by atoms with Crippen LogP contribution in [0.3, 0.4) is 0 Å². The average Bonchev–Trinajstić information content (AvgIpc) is 3.35. The molecule has 4 N–H and O–H groups in total. The quantitative estimate of drug-likeness (QED) is 0.305. The third-order valence-corrected chi connectivity index (χ3v) is 9.32. The Labute approximate surface area is 261 Å². The molecule has 2 aliphatic heterocycles. The molecule has 0 spiro atoms. The van der Waals surface area contributed by atoms with E-state index in [9.17, 15) is 24.6 Å². The van der Waals surface area contributed by atoms with Crippen LogP contribution in [0.5, 0.6) is 5.75 Å². The van der Waals surface area contributed by atoms with Crippen molar-refractivity contribution >= 4 is 23.6 Å². The maximum absolute atomic E-state index is 14.6. The Morgan fingerprint density at radius 2 is 1.64 bits per heavy atom. The number of phenolic OH excluding ortho intramolecular Hbond substituents is 1. The second kappa shape index (κ2) is 11.8. The van der Waals surface area contributed by atoms with E-state index in [0.717, 1.165) is 22.4 Å². The number of hydrogen-bond acceptors (Lipinski definition) is 5.